The summed E-state index contributed by atoms with van der Waals surface area (Å²) in [7, 11) is 0. The number of rotatable bonds is 5. The fraction of sp³-hybridized carbons (Fsp3) is 0.882. The second-order valence-electron chi connectivity index (χ2n) is 7.10. The van der Waals surface area contributed by atoms with Crippen LogP contribution in [0.5, 0.6) is 0 Å². The highest BCUT2D eigenvalue weighted by molar-refractivity contribution is 5.84. The summed E-state index contributed by atoms with van der Waals surface area (Å²) in [5.74, 6) is -0.0352. The Kier molecular flexibility index (Phi) is 5.09. The van der Waals surface area contributed by atoms with Crippen LogP contribution in [0.3, 0.4) is 0 Å². The minimum Gasteiger partial charge on any atom is -0.378 e. The summed E-state index contributed by atoms with van der Waals surface area (Å²) in [5.41, 5.74) is 0.133. The molecule has 2 saturated carbocycles. The molecule has 0 radical (unpaired) electrons. The highest BCUT2D eigenvalue weighted by Gasteiger charge is 2.56. The number of carbonyl (C=O) groups is 2. The van der Waals surface area contributed by atoms with Gasteiger partial charge >= 0.3 is 6.03 Å². The van der Waals surface area contributed by atoms with E-state index in [0.29, 0.717) is 13.1 Å². The highest BCUT2D eigenvalue weighted by Crippen LogP contribution is 2.53. The van der Waals surface area contributed by atoms with E-state index in [4.69, 9.17) is 4.74 Å². The fourth-order valence-electron chi connectivity index (χ4n) is 4.51. The Morgan fingerprint density at radius 3 is 2.83 bits per heavy atom. The molecule has 2 N–H and O–H groups in total. The van der Waals surface area contributed by atoms with Gasteiger partial charge in [-0.15, -0.1) is 0 Å². The Hall–Kier alpha value is -1.30. The molecule has 0 bridgehead atoms. The van der Waals surface area contributed by atoms with Gasteiger partial charge in [-0.1, -0.05) is 19.3 Å². The first kappa shape index (κ1) is 16.6. The van der Waals surface area contributed by atoms with Crippen LogP contribution in [0.25, 0.3) is 0 Å². The SMILES string of the molecule is CCOC1CC(NC(=O)CN2CCCNC2=O)C12CCCCC2. The molecule has 1 saturated heterocycles. The summed E-state index contributed by atoms with van der Waals surface area (Å²) in [6.07, 6.45) is 8.13. The molecule has 1 aliphatic heterocycles. The lowest BCUT2D eigenvalue weighted by Gasteiger charge is -2.57. The van der Waals surface area contributed by atoms with E-state index in [1.165, 1.54) is 19.3 Å². The Morgan fingerprint density at radius 1 is 1.35 bits per heavy atom. The van der Waals surface area contributed by atoms with Gasteiger partial charge < -0.3 is 20.3 Å². The molecule has 3 aliphatic rings. The van der Waals surface area contributed by atoms with Gasteiger partial charge in [0.05, 0.1) is 6.10 Å². The lowest BCUT2D eigenvalue weighted by molar-refractivity contribution is -0.157. The first-order valence-electron chi connectivity index (χ1n) is 9.09. The van der Waals surface area contributed by atoms with E-state index in [1.54, 1.807) is 4.90 Å². The molecule has 2 aliphatic carbocycles. The Balaban J connectivity index is 1.56. The minimum absolute atomic E-state index is 0.0352. The molecule has 0 aromatic heterocycles. The van der Waals surface area contributed by atoms with Crippen molar-refractivity contribution in [1.29, 1.82) is 0 Å². The van der Waals surface area contributed by atoms with Crippen LogP contribution in [0.1, 0.15) is 51.9 Å². The fourth-order valence-corrected chi connectivity index (χ4v) is 4.51. The molecule has 6 heteroatoms. The minimum atomic E-state index is -0.125. The van der Waals surface area contributed by atoms with E-state index in [1.807, 2.05) is 6.92 Å². The lowest BCUT2D eigenvalue weighted by atomic mass is 9.55. The number of ether oxygens (including phenoxy) is 1. The summed E-state index contributed by atoms with van der Waals surface area (Å²) < 4.78 is 5.92. The summed E-state index contributed by atoms with van der Waals surface area (Å²) in [4.78, 5) is 25.7. The number of carbonyl (C=O) groups excluding carboxylic acids is 2. The maximum Gasteiger partial charge on any atom is 0.317 e. The number of nitrogens with one attached hydrogen (secondary N) is 2. The third-order valence-electron chi connectivity index (χ3n) is 5.78. The first-order valence-corrected chi connectivity index (χ1v) is 9.09. The van der Waals surface area contributed by atoms with Crippen molar-refractivity contribution in [3.63, 3.8) is 0 Å². The van der Waals surface area contributed by atoms with Crippen molar-refractivity contribution < 1.29 is 14.3 Å². The van der Waals surface area contributed by atoms with E-state index in [2.05, 4.69) is 10.6 Å². The molecule has 130 valence electrons. The van der Waals surface area contributed by atoms with Crippen molar-refractivity contribution >= 4 is 11.9 Å². The van der Waals surface area contributed by atoms with Crippen LogP contribution in [-0.4, -0.2) is 55.2 Å². The summed E-state index contributed by atoms with van der Waals surface area (Å²) in [5, 5.41) is 5.98. The molecule has 3 fully saturated rings. The van der Waals surface area contributed by atoms with Gasteiger partial charge in [-0.05, 0) is 32.6 Å². The quantitative estimate of drug-likeness (QED) is 0.808. The van der Waals surface area contributed by atoms with Gasteiger partial charge in [0, 0.05) is 31.2 Å². The molecule has 23 heavy (non-hydrogen) atoms. The lowest BCUT2D eigenvalue weighted by Crippen LogP contribution is -2.66. The molecule has 0 aromatic carbocycles. The van der Waals surface area contributed by atoms with Crippen molar-refractivity contribution in [3.8, 4) is 0 Å². The van der Waals surface area contributed by atoms with Gasteiger partial charge in [-0.25, -0.2) is 4.79 Å². The van der Waals surface area contributed by atoms with E-state index < -0.39 is 0 Å². The highest BCUT2D eigenvalue weighted by atomic mass is 16.5. The van der Waals surface area contributed by atoms with Gasteiger partial charge in [-0.3, -0.25) is 4.79 Å². The van der Waals surface area contributed by atoms with Gasteiger partial charge in [0.15, 0.2) is 0 Å². The first-order chi connectivity index (χ1) is 11.2. The van der Waals surface area contributed by atoms with Crippen molar-refractivity contribution in [2.75, 3.05) is 26.2 Å². The maximum atomic E-state index is 12.4. The molecule has 1 heterocycles. The second kappa shape index (κ2) is 7.07. The Bertz CT molecular complexity index is 448. The molecule has 2 atom stereocenters. The Labute approximate surface area is 138 Å². The monoisotopic (exact) mass is 323 g/mol. The Morgan fingerprint density at radius 2 is 2.13 bits per heavy atom. The van der Waals surface area contributed by atoms with Crippen molar-refractivity contribution in [2.24, 2.45) is 5.41 Å². The van der Waals surface area contributed by atoms with E-state index >= 15 is 0 Å². The van der Waals surface area contributed by atoms with Gasteiger partial charge in [0.2, 0.25) is 5.91 Å². The smallest absolute Gasteiger partial charge is 0.317 e. The molecular weight excluding hydrogens is 294 g/mol. The third-order valence-corrected chi connectivity index (χ3v) is 5.78. The zero-order chi connectivity index (χ0) is 16.3. The van der Waals surface area contributed by atoms with E-state index in [9.17, 15) is 9.59 Å². The number of hydrogen-bond acceptors (Lipinski definition) is 3. The number of urea groups is 1. The summed E-state index contributed by atoms with van der Waals surface area (Å²) in [6, 6.07) is 0.0827. The van der Waals surface area contributed by atoms with Crippen molar-refractivity contribution in [2.45, 2.75) is 64.0 Å². The molecule has 3 rings (SSSR count). The predicted molar refractivity (Wildman–Crippen MR) is 87.1 cm³/mol. The second-order valence-corrected chi connectivity index (χ2v) is 7.10. The number of nitrogens with zero attached hydrogens (tertiary/aromatic N) is 1. The normalized spacial score (nSPS) is 29.8. The maximum absolute atomic E-state index is 12.4. The zero-order valence-electron chi connectivity index (χ0n) is 14.1. The zero-order valence-corrected chi connectivity index (χ0v) is 14.1. The van der Waals surface area contributed by atoms with E-state index in [-0.39, 0.29) is 36.0 Å². The summed E-state index contributed by atoms with van der Waals surface area (Å²) >= 11 is 0. The molecular formula is C17H29N3O3. The standard InChI is InChI=1S/C17H29N3O3/c1-2-23-14-11-13(17(14)7-4-3-5-8-17)19-15(21)12-20-10-6-9-18-16(20)22/h13-14H,2-12H2,1H3,(H,18,22)(H,19,21). The van der Waals surface area contributed by atoms with Gasteiger partial charge in [-0.2, -0.15) is 0 Å². The largest absolute Gasteiger partial charge is 0.378 e. The van der Waals surface area contributed by atoms with Crippen molar-refractivity contribution in [1.82, 2.24) is 15.5 Å². The summed E-state index contributed by atoms with van der Waals surface area (Å²) in [6.45, 7) is 4.31. The average Bonchev–Trinajstić information content (AvgIpc) is 2.57. The van der Waals surface area contributed by atoms with E-state index in [0.717, 1.165) is 32.3 Å². The number of hydrogen-bond donors (Lipinski definition) is 2. The van der Waals surface area contributed by atoms with Gasteiger partial charge in [0.1, 0.15) is 6.54 Å². The van der Waals surface area contributed by atoms with Crippen LogP contribution in [0.15, 0.2) is 0 Å². The van der Waals surface area contributed by atoms with Crippen LogP contribution in [-0.2, 0) is 9.53 Å². The van der Waals surface area contributed by atoms with Crippen LogP contribution >= 0.6 is 0 Å². The molecule has 6 nitrogen and oxygen atoms in total. The van der Waals surface area contributed by atoms with Crippen molar-refractivity contribution in [3.05, 3.63) is 0 Å². The third kappa shape index (κ3) is 3.32. The molecule has 1 spiro atoms. The van der Waals surface area contributed by atoms with Crippen LogP contribution in [0.2, 0.25) is 0 Å². The number of amides is 3. The predicted octanol–water partition coefficient (Wildman–Crippen LogP) is 1.65. The van der Waals surface area contributed by atoms with Crippen LogP contribution in [0, 0.1) is 5.41 Å². The topological polar surface area (TPSA) is 70.7 Å². The van der Waals surface area contributed by atoms with Crippen LogP contribution in [0.4, 0.5) is 4.79 Å². The van der Waals surface area contributed by atoms with Crippen LogP contribution < -0.4 is 10.6 Å². The average molecular weight is 323 g/mol. The molecule has 0 aromatic rings. The molecule has 2 unspecified atom stereocenters. The molecule has 3 amide bonds. The van der Waals surface area contributed by atoms with Gasteiger partial charge in [0.25, 0.3) is 0 Å².